The fraction of sp³-hybridized carbons (Fsp3) is 0.333. The van der Waals surface area contributed by atoms with Crippen LogP contribution >= 0.6 is 11.8 Å². The van der Waals surface area contributed by atoms with Crippen LogP contribution in [-0.4, -0.2) is 17.1 Å². The molecule has 82 valence electrons. The van der Waals surface area contributed by atoms with Crippen molar-refractivity contribution in [1.29, 1.82) is 0 Å². The van der Waals surface area contributed by atoms with Crippen LogP contribution in [0.4, 0.5) is 0 Å². The molecule has 2 unspecified atom stereocenters. The molecular weight excluding hydrogens is 278 g/mol. The number of fused-ring (bicyclic) bond motifs is 1. The third kappa shape index (κ3) is 2.23. The molecule has 6 heteroatoms. The number of rotatable bonds is 1. The number of nitrogens with zero attached hydrogens (tertiary/aromatic N) is 1. The van der Waals surface area contributed by atoms with Crippen LogP contribution in [0.3, 0.4) is 0 Å². The summed E-state index contributed by atoms with van der Waals surface area (Å²) in [5, 5.41) is 2.74. The molecule has 0 bridgehead atoms. The average molecular weight is 290 g/mol. The number of carbonyl (C=O) groups excluding carboxylic acids is 1. The Morgan fingerprint density at radius 3 is 2.87 bits per heavy atom. The van der Waals surface area contributed by atoms with Gasteiger partial charge in [-0.05, 0) is 18.7 Å². The number of hydrogen-bond acceptors (Lipinski definition) is 4. The van der Waals surface area contributed by atoms with Crippen molar-refractivity contribution >= 4 is 22.8 Å². The number of aliphatic imine (C=N–C) groups is 1. The first-order valence-electron chi connectivity index (χ1n) is 4.41. The lowest BCUT2D eigenvalue weighted by Crippen LogP contribution is -3.13. The van der Waals surface area contributed by atoms with Gasteiger partial charge in [0.2, 0.25) is 0 Å². The number of nitrogens with two attached hydrogens (primary N) is 1. The lowest BCUT2D eigenvalue weighted by molar-refractivity contribution is -0.665. The van der Waals surface area contributed by atoms with Crippen LogP contribution in [0.1, 0.15) is 13.8 Å². The van der Waals surface area contributed by atoms with Crippen LogP contribution in [0, 0.1) is 0 Å². The highest BCUT2D eigenvalue weighted by atomic mass is 79.9. The Hall–Kier alpha value is -0.430. The van der Waals surface area contributed by atoms with Crippen LogP contribution in [0.2, 0.25) is 0 Å². The van der Waals surface area contributed by atoms with Crippen molar-refractivity contribution in [2.75, 3.05) is 0 Å². The van der Waals surface area contributed by atoms with Crippen molar-refractivity contribution in [3.63, 3.8) is 0 Å². The number of nitrogens with one attached hydrogen (secondary N) is 1. The number of thioether (sulfide) groups is 1. The second kappa shape index (κ2) is 4.61. The van der Waals surface area contributed by atoms with Crippen molar-refractivity contribution in [3.8, 4) is 0 Å². The number of amides is 1. The molecule has 0 saturated carbocycles. The minimum absolute atomic E-state index is 0. The van der Waals surface area contributed by atoms with Crippen LogP contribution in [0.25, 0.3) is 0 Å². The summed E-state index contributed by atoms with van der Waals surface area (Å²) in [5.41, 5.74) is 7.35. The summed E-state index contributed by atoms with van der Waals surface area (Å²) in [6, 6.07) is -0.186. The molecule has 3 N–H and O–H groups in total. The van der Waals surface area contributed by atoms with E-state index in [2.05, 4.69) is 4.99 Å². The second-order valence-corrected chi connectivity index (χ2v) is 4.29. The quantitative estimate of drug-likeness (QED) is 0.529. The Morgan fingerprint density at radius 2 is 2.27 bits per heavy atom. The predicted molar refractivity (Wildman–Crippen MR) is 56.5 cm³/mol. The van der Waals surface area contributed by atoms with Gasteiger partial charge in [0.05, 0.1) is 11.8 Å². The molecular formula is C9H12BrN3OS. The molecule has 0 radical (unpaired) electrons. The van der Waals surface area contributed by atoms with Crippen molar-refractivity contribution in [3.05, 3.63) is 22.9 Å². The van der Waals surface area contributed by atoms with E-state index in [0.29, 0.717) is 5.70 Å². The lowest BCUT2D eigenvalue weighted by Gasteiger charge is -2.16. The van der Waals surface area contributed by atoms with Crippen molar-refractivity contribution < 1.29 is 26.7 Å². The summed E-state index contributed by atoms with van der Waals surface area (Å²) in [6.45, 7) is 3.75. The summed E-state index contributed by atoms with van der Waals surface area (Å²) in [4.78, 5) is 16.8. The highest BCUT2D eigenvalue weighted by Crippen LogP contribution is 2.16. The van der Waals surface area contributed by atoms with Gasteiger partial charge in [-0.3, -0.25) is 0 Å². The van der Waals surface area contributed by atoms with Crippen LogP contribution < -0.4 is 27.6 Å². The fourth-order valence-corrected chi connectivity index (χ4v) is 2.35. The second-order valence-electron chi connectivity index (χ2n) is 3.43. The number of amidine groups is 1. The number of halogens is 1. The molecule has 2 atom stereocenters. The van der Waals surface area contributed by atoms with Gasteiger partial charge in [0.25, 0.3) is 5.17 Å². The predicted octanol–water partition coefficient (Wildman–Crippen LogP) is -3.39. The van der Waals surface area contributed by atoms with E-state index >= 15 is 0 Å². The maximum absolute atomic E-state index is 11.7. The van der Waals surface area contributed by atoms with Crippen molar-refractivity contribution in [2.24, 2.45) is 10.7 Å². The van der Waals surface area contributed by atoms with Crippen molar-refractivity contribution in [1.82, 2.24) is 0 Å². The first kappa shape index (κ1) is 12.6. The highest BCUT2D eigenvalue weighted by Gasteiger charge is 2.36. The molecule has 0 spiro atoms. The van der Waals surface area contributed by atoms with E-state index in [-0.39, 0.29) is 28.9 Å². The van der Waals surface area contributed by atoms with Gasteiger partial charge in [0.15, 0.2) is 0 Å². The summed E-state index contributed by atoms with van der Waals surface area (Å²) < 4.78 is 0. The molecule has 2 rings (SSSR count). The monoisotopic (exact) mass is 289 g/mol. The Bertz CT molecular complexity index is 387. The van der Waals surface area contributed by atoms with E-state index in [4.69, 9.17) is 5.73 Å². The van der Waals surface area contributed by atoms with Gasteiger partial charge in [-0.15, -0.1) is 0 Å². The molecule has 15 heavy (non-hydrogen) atoms. The SMILES string of the molecule is CC1=CSC2=NC(C(C)N)=CC(=O)[NH+]12.[Br-]. The molecule has 2 aliphatic rings. The van der Waals surface area contributed by atoms with E-state index in [0.717, 1.165) is 15.8 Å². The third-order valence-corrected chi connectivity index (χ3v) is 3.17. The van der Waals surface area contributed by atoms with Gasteiger partial charge >= 0.3 is 5.91 Å². The molecule has 0 saturated heterocycles. The topological polar surface area (TPSA) is 59.9 Å². The van der Waals surface area contributed by atoms with E-state index in [1.54, 1.807) is 0 Å². The molecule has 2 aliphatic heterocycles. The van der Waals surface area contributed by atoms with Gasteiger partial charge in [0, 0.05) is 18.4 Å². The number of allylic oxidation sites excluding steroid dienone is 1. The van der Waals surface area contributed by atoms with Gasteiger partial charge in [-0.2, -0.15) is 9.89 Å². The summed E-state index contributed by atoms with van der Waals surface area (Å²) in [6.07, 6.45) is 1.53. The zero-order valence-corrected chi connectivity index (χ0v) is 10.9. The zero-order chi connectivity index (χ0) is 10.3. The first-order chi connectivity index (χ1) is 6.59. The Balaban J connectivity index is 0.00000112. The van der Waals surface area contributed by atoms with Gasteiger partial charge < -0.3 is 22.7 Å². The Morgan fingerprint density at radius 1 is 1.60 bits per heavy atom. The fourth-order valence-electron chi connectivity index (χ4n) is 1.40. The number of quaternary nitrogens is 1. The smallest absolute Gasteiger partial charge is 0.350 e. The number of hydrogen-bond donors (Lipinski definition) is 2. The highest BCUT2D eigenvalue weighted by molar-refractivity contribution is 8.16. The molecule has 2 heterocycles. The van der Waals surface area contributed by atoms with Crippen LogP contribution in [-0.2, 0) is 4.79 Å². The molecule has 0 aromatic heterocycles. The Labute approximate surface area is 103 Å². The zero-order valence-electron chi connectivity index (χ0n) is 8.45. The Kier molecular flexibility index (Phi) is 3.88. The summed E-state index contributed by atoms with van der Waals surface area (Å²) in [7, 11) is 0. The summed E-state index contributed by atoms with van der Waals surface area (Å²) >= 11 is 1.49. The normalized spacial score (nSPS) is 25.9. The van der Waals surface area contributed by atoms with Crippen LogP contribution in [0.15, 0.2) is 27.9 Å². The molecule has 1 amide bonds. The van der Waals surface area contributed by atoms with Gasteiger partial charge in [0.1, 0.15) is 5.70 Å². The van der Waals surface area contributed by atoms with E-state index in [9.17, 15) is 4.79 Å². The van der Waals surface area contributed by atoms with E-state index in [1.807, 2.05) is 19.3 Å². The minimum atomic E-state index is -0.186. The molecule has 0 fully saturated rings. The maximum atomic E-state index is 11.7. The van der Waals surface area contributed by atoms with Gasteiger partial charge in [-0.1, -0.05) is 0 Å². The summed E-state index contributed by atoms with van der Waals surface area (Å²) in [5.74, 6) is 0.0288. The van der Waals surface area contributed by atoms with Crippen molar-refractivity contribution in [2.45, 2.75) is 19.9 Å². The maximum Gasteiger partial charge on any atom is 0.350 e. The molecule has 4 nitrogen and oxygen atoms in total. The lowest BCUT2D eigenvalue weighted by atomic mass is 10.2. The average Bonchev–Trinajstić information content (AvgIpc) is 2.48. The molecule has 0 aromatic rings. The minimum Gasteiger partial charge on any atom is -1.00 e. The third-order valence-electron chi connectivity index (χ3n) is 2.18. The standard InChI is InChI=1S/C9H11N3OS.BrH/c1-5-4-14-9-11-7(6(2)10)3-8(13)12(5)9;/h3-4,6H,10H2,1-2H3;1H. The van der Waals surface area contributed by atoms with E-state index < -0.39 is 0 Å². The largest absolute Gasteiger partial charge is 1.00 e. The molecule has 0 aromatic carbocycles. The first-order valence-corrected chi connectivity index (χ1v) is 5.29. The number of carbonyl (C=O) groups is 1. The van der Waals surface area contributed by atoms with E-state index in [1.165, 1.54) is 17.8 Å². The van der Waals surface area contributed by atoms with Crippen LogP contribution in [0.5, 0.6) is 0 Å². The van der Waals surface area contributed by atoms with Gasteiger partial charge in [-0.25, -0.2) is 4.79 Å². The molecule has 0 aliphatic carbocycles.